The zero-order chi connectivity index (χ0) is 55.6. The molecular weight excluding hydrogens is 985 g/mol. The molecule has 3 aliphatic heterocycles. The minimum Gasteiger partial charge on any atom is -0.445 e. The van der Waals surface area contributed by atoms with Crippen LogP contribution in [0.5, 0.6) is 0 Å². The number of pyridine rings is 1. The van der Waals surface area contributed by atoms with Crippen LogP contribution in [-0.4, -0.2) is 118 Å². The van der Waals surface area contributed by atoms with Gasteiger partial charge in [0.1, 0.15) is 24.5 Å². The molecule has 9 N–H and O–H groups in total. The third kappa shape index (κ3) is 16.8. The van der Waals surface area contributed by atoms with Crippen molar-refractivity contribution in [3.8, 4) is 0 Å². The summed E-state index contributed by atoms with van der Waals surface area (Å²) in [6.07, 6.45) is 10.6. The number of primary amides is 1. The van der Waals surface area contributed by atoms with E-state index in [9.17, 15) is 38.4 Å². The van der Waals surface area contributed by atoms with Crippen LogP contribution in [0.3, 0.4) is 0 Å². The molecule has 1 aromatic heterocycles. The highest BCUT2D eigenvalue weighted by Crippen LogP contribution is 2.32. The molecule has 0 fully saturated rings. The molecule has 2 atom stereocenters. The number of amides is 9. The molecule has 77 heavy (non-hydrogen) atoms. The number of urea groups is 1. The van der Waals surface area contributed by atoms with Crippen LogP contribution in [0.1, 0.15) is 118 Å². The molecule has 21 nitrogen and oxygen atoms in total. The van der Waals surface area contributed by atoms with E-state index in [1.165, 1.54) is 12.2 Å². The summed E-state index contributed by atoms with van der Waals surface area (Å²) in [4.78, 5) is 116. The predicted molar refractivity (Wildman–Crippen MR) is 293 cm³/mol. The maximum Gasteiger partial charge on any atom is 0.410 e. The fourth-order valence-corrected chi connectivity index (χ4v) is 9.06. The average Bonchev–Trinajstić information content (AvgIpc) is 3.62. The highest BCUT2D eigenvalue weighted by Gasteiger charge is 2.30. The topological polar surface area (TPSA) is 293 Å². The van der Waals surface area contributed by atoms with Crippen LogP contribution in [0.4, 0.5) is 26.7 Å². The number of allylic oxidation sites excluding steroid dienone is 1. The maximum atomic E-state index is 13.7. The molecule has 9 amide bonds. The first-order valence-electron chi connectivity index (χ1n) is 26.3. The van der Waals surface area contributed by atoms with Crippen molar-refractivity contribution in [3.05, 3.63) is 113 Å². The molecule has 3 aromatic rings. The first-order valence-corrected chi connectivity index (χ1v) is 26.3. The van der Waals surface area contributed by atoms with E-state index in [1.807, 2.05) is 12.1 Å². The number of nitrogens with zero attached hydrogens (tertiary/aromatic N) is 5. The number of hydrogen-bond donors (Lipinski definition) is 7. The Hall–Kier alpha value is -8.36. The maximum absolute atomic E-state index is 13.7. The lowest BCUT2D eigenvalue weighted by atomic mass is 10.0. The summed E-state index contributed by atoms with van der Waals surface area (Å²) < 4.78 is 5.69. The molecule has 410 valence electrons. The van der Waals surface area contributed by atoms with Gasteiger partial charge < -0.3 is 52.6 Å². The van der Waals surface area contributed by atoms with Crippen molar-refractivity contribution in [2.24, 2.45) is 22.4 Å². The first-order chi connectivity index (χ1) is 36.9. The second kappa shape index (κ2) is 28.0. The van der Waals surface area contributed by atoms with Gasteiger partial charge in [0.05, 0.1) is 24.1 Å². The molecule has 0 saturated heterocycles. The van der Waals surface area contributed by atoms with Crippen molar-refractivity contribution >= 4 is 76.5 Å². The van der Waals surface area contributed by atoms with Crippen molar-refractivity contribution in [1.82, 2.24) is 35.6 Å². The van der Waals surface area contributed by atoms with Gasteiger partial charge in [-0.25, -0.2) is 14.6 Å². The van der Waals surface area contributed by atoms with Crippen LogP contribution in [0, 0.1) is 5.92 Å². The Bertz CT molecular complexity index is 2770. The molecule has 2 aromatic carbocycles. The lowest BCUT2D eigenvalue weighted by molar-refractivity contribution is -0.137. The normalized spacial score (nSPS) is 14.5. The highest BCUT2D eigenvalue weighted by atomic mass is 16.6. The van der Waals surface area contributed by atoms with Gasteiger partial charge >= 0.3 is 12.1 Å². The molecule has 0 bridgehead atoms. The van der Waals surface area contributed by atoms with Crippen LogP contribution >= 0.6 is 0 Å². The Balaban J connectivity index is 0.990. The monoisotopic (exact) mass is 1060 g/mol. The summed E-state index contributed by atoms with van der Waals surface area (Å²) in [5.74, 6) is -2.45. The molecule has 6 rings (SSSR count). The van der Waals surface area contributed by atoms with Gasteiger partial charge in [-0.2, -0.15) is 0 Å². The second-order valence-corrected chi connectivity index (χ2v) is 19.6. The number of fused-ring (bicyclic) bond motifs is 2. The van der Waals surface area contributed by atoms with Gasteiger partial charge in [0.2, 0.25) is 17.7 Å². The number of nitrogens with two attached hydrogens (primary N) is 2. The van der Waals surface area contributed by atoms with Crippen LogP contribution < -0.4 is 38.1 Å². The first kappa shape index (κ1) is 57.9. The number of imide groups is 1. The standard InChI is InChI=1S/C56H72N12O9/c1-6-24-66(25-7-2)36(5)40-28-38-16-17-39(30-46(38)63-47(57)31-40)52(72)62-43-29-41-33-67(27-22-44(41)60-32-43)56(76)77-34-37-14-18-42(19-15-37)61-53(73)45(12-11-23-59-55(58)75)64-54(74)51(35(3)4)65-48(69)13-9-8-10-26-68-49(70)20-21-50(68)71/h14-21,28-30,32,35,45,51H,5-13,22-27,31,33-34H2,1-4H3,(H2,57,63)(H,61,73)(H,62,72)(H,64,74)(H,65,69)(H3,58,59,75)/t45-,51-/m0/s1. The van der Waals surface area contributed by atoms with E-state index in [-0.39, 0.29) is 68.6 Å². The van der Waals surface area contributed by atoms with Crippen molar-refractivity contribution in [3.63, 3.8) is 0 Å². The summed E-state index contributed by atoms with van der Waals surface area (Å²) in [5, 5.41) is 13.8. The third-order valence-electron chi connectivity index (χ3n) is 13.2. The van der Waals surface area contributed by atoms with Gasteiger partial charge in [-0.05, 0) is 97.6 Å². The van der Waals surface area contributed by atoms with E-state index in [1.54, 1.807) is 67.4 Å². The van der Waals surface area contributed by atoms with E-state index >= 15 is 0 Å². The molecule has 3 aliphatic rings. The summed E-state index contributed by atoms with van der Waals surface area (Å²) in [7, 11) is 0. The minimum absolute atomic E-state index is 0.0601. The van der Waals surface area contributed by atoms with Gasteiger partial charge in [0.15, 0.2) is 0 Å². The Kier molecular flexibility index (Phi) is 21.0. The zero-order valence-corrected chi connectivity index (χ0v) is 44.5. The van der Waals surface area contributed by atoms with E-state index in [0.717, 1.165) is 58.9 Å². The molecule has 0 aliphatic carbocycles. The number of ether oxygens (including phenoxy) is 1. The van der Waals surface area contributed by atoms with E-state index in [0.29, 0.717) is 79.1 Å². The van der Waals surface area contributed by atoms with Crippen LogP contribution in [-0.2, 0) is 48.3 Å². The lowest BCUT2D eigenvalue weighted by Gasteiger charge is -2.28. The number of carbonyl (C=O) groups excluding carboxylic acids is 8. The molecule has 21 heteroatoms. The van der Waals surface area contributed by atoms with Gasteiger partial charge in [-0.1, -0.05) is 58.9 Å². The summed E-state index contributed by atoms with van der Waals surface area (Å²) >= 11 is 0. The minimum atomic E-state index is -1.06. The van der Waals surface area contributed by atoms with E-state index in [4.69, 9.17) is 16.2 Å². The number of aromatic nitrogens is 1. The molecule has 0 radical (unpaired) electrons. The Morgan fingerprint density at radius 1 is 0.870 bits per heavy atom. The summed E-state index contributed by atoms with van der Waals surface area (Å²) in [6.45, 7) is 14.9. The predicted octanol–water partition coefficient (Wildman–Crippen LogP) is 5.94. The van der Waals surface area contributed by atoms with Crippen molar-refractivity contribution in [2.45, 2.75) is 117 Å². The SMILES string of the molecule is C=C(C1=Cc2ccc(C(=O)Nc3cnc4c(c3)CN(C(=O)OCc3ccc(NC(=O)[C@H](CCCNC(N)=O)NC(=O)[C@@H](NC(=O)CCCCCN5C(=O)C=CC5=O)C(C)C)cc3)CC4)cc2N=C(N)C1)N(CCC)CCC. The van der Waals surface area contributed by atoms with Gasteiger partial charge in [0, 0.05) is 92.3 Å². The Labute approximate surface area is 449 Å². The largest absolute Gasteiger partial charge is 0.445 e. The molecule has 0 spiro atoms. The van der Waals surface area contributed by atoms with Gasteiger partial charge in [-0.15, -0.1) is 0 Å². The average molecular weight is 1060 g/mol. The number of rotatable bonds is 26. The van der Waals surface area contributed by atoms with Crippen molar-refractivity contribution < 1.29 is 43.1 Å². The Morgan fingerprint density at radius 3 is 2.29 bits per heavy atom. The highest BCUT2D eigenvalue weighted by molar-refractivity contribution is 6.13. The van der Waals surface area contributed by atoms with Gasteiger partial charge in [0.25, 0.3) is 17.7 Å². The number of carbonyl (C=O) groups is 8. The quantitative estimate of drug-likeness (QED) is 0.0363. The van der Waals surface area contributed by atoms with Crippen molar-refractivity contribution in [2.75, 3.05) is 43.4 Å². The Morgan fingerprint density at radius 2 is 1.60 bits per heavy atom. The summed E-state index contributed by atoms with van der Waals surface area (Å²) in [6, 6.07) is 11.0. The summed E-state index contributed by atoms with van der Waals surface area (Å²) in [5.41, 5.74) is 18.4. The van der Waals surface area contributed by atoms with Crippen LogP contribution in [0.15, 0.2) is 89.7 Å². The molecular formula is C56H72N12O9. The lowest BCUT2D eigenvalue weighted by Crippen LogP contribution is -2.54. The molecule has 0 saturated carbocycles. The number of aliphatic imine (C=N–C) groups is 1. The molecule has 0 unspecified atom stereocenters. The van der Waals surface area contributed by atoms with Crippen LogP contribution in [0.25, 0.3) is 6.08 Å². The smallest absolute Gasteiger partial charge is 0.410 e. The fraction of sp³-hybridized carbons (Fsp3) is 0.429. The zero-order valence-electron chi connectivity index (χ0n) is 44.5. The number of nitrogens with one attached hydrogen (secondary N) is 5. The van der Waals surface area contributed by atoms with Gasteiger partial charge in [-0.3, -0.25) is 38.7 Å². The third-order valence-corrected chi connectivity index (χ3v) is 13.2. The number of anilines is 2. The number of unbranched alkanes of at least 4 members (excludes halogenated alkanes) is 2. The second-order valence-electron chi connectivity index (χ2n) is 19.6. The number of hydrogen-bond acceptors (Lipinski definition) is 13. The van der Waals surface area contributed by atoms with Crippen molar-refractivity contribution in [1.29, 1.82) is 0 Å². The van der Waals surface area contributed by atoms with E-state index in [2.05, 4.69) is 61.9 Å². The number of amidine groups is 1. The van der Waals surface area contributed by atoms with E-state index < -0.39 is 36.0 Å². The number of benzene rings is 2. The van der Waals surface area contributed by atoms with Crippen LogP contribution in [0.2, 0.25) is 0 Å². The molecule has 4 heterocycles. The fourth-order valence-electron chi connectivity index (χ4n) is 9.06.